The fourth-order valence-corrected chi connectivity index (χ4v) is 5.48. The van der Waals surface area contributed by atoms with Gasteiger partial charge in [-0.3, -0.25) is 19.9 Å². The van der Waals surface area contributed by atoms with Gasteiger partial charge in [0.05, 0.1) is 31.3 Å². The fourth-order valence-electron chi connectivity index (χ4n) is 5.48. The summed E-state index contributed by atoms with van der Waals surface area (Å²) in [6.45, 7) is 9.38. The molecule has 0 bridgehead atoms. The molecule has 0 atom stereocenters. The number of methoxy groups -OCH3 is 2. The van der Waals surface area contributed by atoms with E-state index >= 15 is 0 Å². The van der Waals surface area contributed by atoms with Crippen LogP contribution in [0, 0.1) is 0 Å². The number of benzene rings is 3. The molecule has 256 valence electrons. The molecule has 0 unspecified atom stereocenters. The number of carbonyl (C=O) groups is 4. The second-order valence-electron chi connectivity index (χ2n) is 12.5. The van der Waals surface area contributed by atoms with Crippen LogP contribution in [-0.4, -0.2) is 79.1 Å². The van der Waals surface area contributed by atoms with Crippen molar-refractivity contribution in [2.75, 3.05) is 56.3 Å². The molecule has 13 nitrogen and oxygen atoms in total. The van der Waals surface area contributed by atoms with Gasteiger partial charge in [-0.05, 0) is 41.3 Å². The van der Waals surface area contributed by atoms with Crippen molar-refractivity contribution in [1.82, 2.24) is 14.8 Å². The average molecular weight is 669 g/mol. The molecule has 5 rings (SSSR count). The van der Waals surface area contributed by atoms with Gasteiger partial charge in [-0.2, -0.15) is 0 Å². The molecule has 5 amide bonds. The summed E-state index contributed by atoms with van der Waals surface area (Å²) in [6.07, 6.45) is 0.846. The fraction of sp³-hybridized carbons (Fsp3) is 0.306. The number of piperazine rings is 1. The SMILES string of the molecule is COC(=O)Nc1cc(C(C)(C)C)cc(NC(=O)Nc2ccc(Oc3ccnc(C(=O)N4CCN(C(C)=O)CC4)c3)c3ccccc23)c1OC. The van der Waals surface area contributed by atoms with Crippen LogP contribution >= 0.6 is 0 Å². The van der Waals surface area contributed by atoms with Crippen molar-refractivity contribution in [1.29, 1.82) is 0 Å². The summed E-state index contributed by atoms with van der Waals surface area (Å²) in [6, 6.07) is 17.2. The highest BCUT2D eigenvalue weighted by Gasteiger charge is 2.25. The molecule has 49 heavy (non-hydrogen) atoms. The number of nitrogens with zero attached hydrogens (tertiary/aromatic N) is 3. The van der Waals surface area contributed by atoms with Gasteiger partial charge in [-0.1, -0.05) is 45.0 Å². The number of hydrogen-bond acceptors (Lipinski definition) is 8. The standard InChI is InChI=1S/C36H40N6O7/c1-22(43)41-15-17-42(18-16-41)33(44)30-21-24(13-14-37-30)49-31-12-11-27(25-9-7-8-10-26(25)31)38-34(45)39-28-19-23(36(2,3)4)20-29(32(28)47-5)40-35(46)48-6/h7-14,19-21H,15-18H2,1-6H3,(H,40,46)(H2,38,39,45). The van der Waals surface area contributed by atoms with Crippen molar-refractivity contribution in [2.45, 2.75) is 33.1 Å². The normalized spacial score (nSPS) is 13.0. The lowest BCUT2D eigenvalue weighted by molar-refractivity contribution is -0.130. The smallest absolute Gasteiger partial charge is 0.411 e. The average Bonchev–Trinajstić information content (AvgIpc) is 3.08. The Hall–Kier alpha value is -5.85. The molecule has 4 aromatic rings. The van der Waals surface area contributed by atoms with E-state index in [9.17, 15) is 19.2 Å². The lowest BCUT2D eigenvalue weighted by Gasteiger charge is -2.34. The van der Waals surface area contributed by atoms with Crippen LogP contribution in [0.4, 0.5) is 26.7 Å². The minimum Gasteiger partial charge on any atom is -0.492 e. The van der Waals surface area contributed by atoms with E-state index in [0.717, 1.165) is 10.9 Å². The lowest BCUT2D eigenvalue weighted by atomic mass is 9.86. The van der Waals surface area contributed by atoms with Gasteiger partial charge in [-0.15, -0.1) is 0 Å². The molecule has 0 saturated carbocycles. The largest absolute Gasteiger partial charge is 0.492 e. The predicted molar refractivity (Wildman–Crippen MR) is 187 cm³/mol. The monoisotopic (exact) mass is 668 g/mol. The first-order valence-corrected chi connectivity index (χ1v) is 15.7. The third-order valence-corrected chi connectivity index (χ3v) is 8.15. The zero-order valence-corrected chi connectivity index (χ0v) is 28.4. The summed E-state index contributed by atoms with van der Waals surface area (Å²) in [5.74, 6) is 0.952. The zero-order chi connectivity index (χ0) is 35.3. The van der Waals surface area contributed by atoms with Gasteiger partial charge in [0.25, 0.3) is 5.91 Å². The molecule has 13 heteroatoms. The summed E-state index contributed by atoms with van der Waals surface area (Å²) in [4.78, 5) is 58.0. The summed E-state index contributed by atoms with van der Waals surface area (Å²) < 4.78 is 16.6. The number of rotatable bonds is 7. The Balaban J connectivity index is 1.36. The molecule has 1 aromatic heterocycles. The Bertz CT molecular complexity index is 1900. The number of urea groups is 1. The quantitative estimate of drug-likeness (QED) is 0.203. The molecule has 1 aliphatic rings. The summed E-state index contributed by atoms with van der Waals surface area (Å²) in [7, 11) is 2.71. The van der Waals surface area contributed by atoms with Crippen molar-refractivity contribution >= 4 is 51.8 Å². The molecule has 3 aromatic carbocycles. The van der Waals surface area contributed by atoms with E-state index in [1.807, 2.05) is 45.0 Å². The van der Waals surface area contributed by atoms with E-state index in [1.165, 1.54) is 27.3 Å². The lowest BCUT2D eigenvalue weighted by Crippen LogP contribution is -2.50. The minimum atomic E-state index is -0.674. The second kappa shape index (κ2) is 14.5. The van der Waals surface area contributed by atoms with Crippen LogP contribution < -0.4 is 25.4 Å². The van der Waals surface area contributed by atoms with Gasteiger partial charge < -0.3 is 34.6 Å². The van der Waals surface area contributed by atoms with E-state index in [2.05, 4.69) is 20.9 Å². The van der Waals surface area contributed by atoms with Crippen LogP contribution in [0.25, 0.3) is 10.8 Å². The van der Waals surface area contributed by atoms with E-state index < -0.39 is 12.1 Å². The van der Waals surface area contributed by atoms with E-state index in [0.29, 0.717) is 60.1 Å². The molecule has 1 fully saturated rings. The maximum Gasteiger partial charge on any atom is 0.411 e. The second-order valence-corrected chi connectivity index (χ2v) is 12.5. The highest BCUT2D eigenvalue weighted by Crippen LogP contribution is 2.39. The van der Waals surface area contributed by atoms with Gasteiger partial charge in [0.2, 0.25) is 5.91 Å². The number of pyridine rings is 1. The van der Waals surface area contributed by atoms with Crippen molar-refractivity contribution in [3.63, 3.8) is 0 Å². The number of fused-ring (bicyclic) bond motifs is 1. The molecule has 3 N–H and O–H groups in total. The Morgan fingerprint density at radius 2 is 1.41 bits per heavy atom. The van der Waals surface area contributed by atoms with Crippen molar-refractivity contribution in [3.05, 3.63) is 78.1 Å². The Morgan fingerprint density at radius 3 is 2.04 bits per heavy atom. The first-order chi connectivity index (χ1) is 23.4. The number of hydrogen-bond donors (Lipinski definition) is 3. The molecule has 0 spiro atoms. The Morgan fingerprint density at radius 1 is 0.776 bits per heavy atom. The highest BCUT2D eigenvalue weighted by molar-refractivity contribution is 6.08. The number of anilines is 3. The molecular formula is C36H40N6O7. The van der Waals surface area contributed by atoms with E-state index in [1.54, 1.807) is 46.2 Å². The maximum atomic E-state index is 13.4. The van der Waals surface area contributed by atoms with Crippen LogP contribution in [0.5, 0.6) is 17.2 Å². The third-order valence-electron chi connectivity index (χ3n) is 8.15. The number of ether oxygens (including phenoxy) is 3. The van der Waals surface area contributed by atoms with Crippen LogP contribution in [0.3, 0.4) is 0 Å². The first kappa shape index (κ1) is 34.5. The van der Waals surface area contributed by atoms with E-state index in [4.69, 9.17) is 14.2 Å². The minimum absolute atomic E-state index is 0.00980. The number of nitrogens with one attached hydrogen (secondary N) is 3. The van der Waals surface area contributed by atoms with Crippen LogP contribution in [0.2, 0.25) is 0 Å². The number of carbonyl (C=O) groups excluding carboxylic acids is 4. The molecular weight excluding hydrogens is 628 g/mol. The van der Waals surface area contributed by atoms with Gasteiger partial charge in [0.1, 0.15) is 17.2 Å². The van der Waals surface area contributed by atoms with Crippen LogP contribution in [-0.2, 0) is 14.9 Å². The summed E-state index contributed by atoms with van der Waals surface area (Å²) >= 11 is 0. The van der Waals surface area contributed by atoms with Crippen molar-refractivity contribution < 1.29 is 33.4 Å². The third kappa shape index (κ3) is 8.00. The number of amides is 5. The van der Waals surface area contributed by atoms with Gasteiger partial charge in [0, 0.05) is 56.1 Å². The van der Waals surface area contributed by atoms with Gasteiger partial charge in [-0.25, -0.2) is 9.59 Å². The van der Waals surface area contributed by atoms with Crippen molar-refractivity contribution in [2.24, 2.45) is 0 Å². The molecule has 0 aliphatic carbocycles. The molecule has 0 radical (unpaired) electrons. The predicted octanol–water partition coefficient (Wildman–Crippen LogP) is 6.46. The Kier molecular flexibility index (Phi) is 10.2. The molecule has 1 saturated heterocycles. The first-order valence-electron chi connectivity index (χ1n) is 15.7. The summed E-state index contributed by atoms with van der Waals surface area (Å²) in [5, 5.41) is 9.88. The van der Waals surface area contributed by atoms with Gasteiger partial charge in [0.15, 0.2) is 5.75 Å². The molecule has 1 aliphatic heterocycles. The summed E-state index contributed by atoms with van der Waals surface area (Å²) in [5.41, 5.74) is 2.00. The zero-order valence-electron chi connectivity index (χ0n) is 28.4. The Labute approximate surface area is 284 Å². The molecule has 2 heterocycles. The van der Waals surface area contributed by atoms with Gasteiger partial charge >= 0.3 is 12.1 Å². The highest BCUT2D eigenvalue weighted by atomic mass is 16.5. The topological polar surface area (TPSA) is 151 Å². The van der Waals surface area contributed by atoms with E-state index in [-0.39, 0.29) is 28.7 Å². The van der Waals surface area contributed by atoms with Crippen molar-refractivity contribution in [3.8, 4) is 17.2 Å². The maximum absolute atomic E-state index is 13.4. The van der Waals surface area contributed by atoms with Crippen LogP contribution in [0.1, 0.15) is 43.7 Å². The van der Waals surface area contributed by atoms with Crippen LogP contribution in [0.15, 0.2) is 66.9 Å². The number of aromatic nitrogens is 1.